The van der Waals surface area contributed by atoms with Crippen molar-refractivity contribution >= 4 is 23.0 Å². The molecule has 2 rings (SSSR count). The van der Waals surface area contributed by atoms with E-state index in [9.17, 15) is 0 Å². The number of rotatable bonds is 1. The second kappa shape index (κ2) is 2.36. The average molecular weight is 239 g/mol. The van der Waals surface area contributed by atoms with Crippen LogP contribution in [0.2, 0.25) is 0 Å². The Kier molecular flexibility index (Phi) is 1.67. The Morgan fingerprint density at radius 1 is 1.56 bits per heavy atom. The molecule has 1 saturated carbocycles. The van der Waals surface area contributed by atoms with Gasteiger partial charge in [0, 0.05) is 12.0 Å². The van der Waals surface area contributed by atoms with Crippen molar-refractivity contribution in [2.24, 2.45) is 5.92 Å². The zero-order valence-electron chi connectivity index (χ0n) is 5.14. The highest BCUT2D eigenvalue weighted by molar-refractivity contribution is 14.1. The fourth-order valence-electron chi connectivity index (χ4n) is 1.60. The molecule has 1 aliphatic carbocycles. The van der Waals surface area contributed by atoms with E-state index in [0.717, 1.165) is 18.5 Å². The molecule has 0 amide bonds. The zero-order valence-corrected chi connectivity index (χ0v) is 7.30. The quantitative estimate of drug-likeness (QED) is 0.692. The fourth-order valence-corrected chi connectivity index (χ4v) is 2.23. The van der Waals surface area contributed by atoms with Crippen LogP contribution in [0.15, 0.2) is 0 Å². The van der Waals surface area contributed by atoms with Gasteiger partial charge in [0.25, 0.3) is 0 Å². The van der Waals surface area contributed by atoms with Crippen LogP contribution in [0.4, 0.5) is 0 Å². The summed E-state index contributed by atoms with van der Waals surface area (Å²) in [6.45, 7) is 1.15. The molecular weight excluding hydrogens is 229 g/mol. The smallest absolute Gasteiger partial charge is 0.110 e. The van der Waals surface area contributed by atoms with E-state index >= 15 is 0 Å². The highest BCUT2D eigenvalue weighted by atomic mass is 127. The molecule has 9 heavy (non-hydrogen) atoms. The van der Waals surface area contributed by atoms with Crippen LogP contribution >= 0.6 is 23.0 Å². The summed E-state index contributed by atoms with van der Waals surface area (Å²) in [6, 6.07) is 0.804. The molecule has 0 spiro atoms. The zero-order chi connectivity index (χ0) is 6.27. The molecule has 0 aromatic rings. The van der Waals surface area contributed by atoms with Crippen molar-refractivity contribution in [1.29, 1.82) is 0 Å². The lowest BCUT2D eigenvalue weighted by Crippen LogP contribution is -2.32. The molecule has 1 aliphatic heterocycles. The topological polar surface area (TPSA) is 21.3 Å². The van der Waals surface area contributed by atoms with Gasteiger partial charge in [0.1, 0.15) is 23.0 Å². The number of hydrogen-bond donors (Lipinski definition) is 1. The molecular formula is C6H10INO. The highest BCUT2D eigenvalue weighted by Gasteiger charge is 2.45. The van der Waals surface area contributed by atoms with Crippen molar-refractivity contribution in [2.45, 2.75) is 25.0 Å². The third-order valence-corrected chi connectivity index (χ3v) is 2.92. The van der Waals surface area contributed by atoms with Gasteiger partial charge < -0.3 is 8.38 Å². The first-order valence-corrected chi connectivity index (χ1v) is 4.30. The molecule has 2 fully saturated rings. The van der Waals surface area contributed by atoms with Gasteiger partial charge in [-0.3, -0.25) is 0 Å². The van der Waals surface area contributed by atoms with E-state index in [1.54, 1.807) is 0 Å². The third kappa shape index (κ3) is 1.10. The molecule has 2 aliphatic rings. The molecule has 0 aromatic heterocycles. The standard InChI is InChI=1S/C6H10INO/c7-9-6-1-2-8-5-3-4(5)6/h4-6,8H,1-3H2. The number of hydrogen-bond acceptors (Lipinski definition) is 2. The summed E-state index contributed by atoms with van der Waals surface area (Å²) in [5.41, 5.74) is 0. The molecule has 0 radical (unpaired) electrons. The van der Waals surface area contributed by atoms with E-state index in [1.165, 1.54) is 12.8 Å². The second-order valence-corrected chi connectivity index (χ2v) is 3.38. The van der Waals surface area contributed by atoms with E-state index in [-0.39, 0.29) is 0 Å². The maximum absolute atomic E-state index is 5.28. The van der Waals surface area contributed by atoms with Gasteiger partial charge in [0.2, 0.25) is 0 Å². The normalized spacial score (nSPS) is 48.3. The predicted molar refractivity (Wildman–Crippen MR) is 43.4 cm³/mol. The lowest BCUT2D eigenvalue weighted by molar-refractivity contribution is 0.209. The van der Waals surface area contributed by atoms with Crippen molar-refractivity contribution in [3.8, 4) is 0 Å². The minimum Gasteiger partial charge on any atom is -0.313 e. The summed E-state index contributed by atoms with van der Waals surface area (Å²) in [4.78, 5) is 0. The summed E-state index contributed by atoms with van der Waals surface area (Å²) in [5, 5.41) is 3.44. The molecule has 3 unspecified atom stereocenters. The van der Waals surface area contributed by atoms with Gasteiger partial charge in [0.15, 0.2) is 0 Å². The molecule has 1 saturated heterocycles. The first kappa shape index (κ1) is 6.37. The predicted octanol–water partition coefficient (Wildman–Crippen LogP) is 1.10. The van der Waals surface area contributed by atoms with E-state index in [1.807, 2.05) is 23.0 Å². The van der Waals surface area contributed by atoms with Gasteiger partial charge in [0.05, 0.1) is 6.10 Å². The van der Waals surface area contributed by atoms with Gasteiger partial charge in [-0.15, -0.1) is 0 Å². The Hall–Kier alpha value is 0.650. The van der Waals surface area contributed by atoms with Gasteiger partial charge in [-0.1, -0.05) is 0 Å². The molecule has 0 aromatic carbocycles. The molecule has 52 valence electrons. The Balaban J connectivity index is 1.93. The first-order chi connectivity index (χ1) is 4.42. The fraction of sp³-hybridized carbons (Fsp3) is 1.00. The van der Waals surface area contributed by atoms with Crippen LogP contribution in [0.3, 0.4) is 0 Å². The van der Waals surface area contributed by atoms with Gasteiger partial charge >= 0.3 is 0 Å². The van der Waals surface area contributed by atoms with Crippen LogP contribution in [0.1, 0.15) is 12.8 Å². The lowest BCUT2D eigenvalue weighted by atomic mass is 10.1. The Bertz CT molecular complexity index is 120. The van der Waals surface area contributed by atoms with Crippen LogP contribution in [0.5, 0.6) is 0 Å². The minimum absolute atomic E-state index is 0.553. The Morgan fingerprint density at radius 2 is 2.44 bits per heavy atom. The number of fused-ring (bicyclic) bond motifs is 1. The van der Waals surface area contributed by atoms with Gasteiger partial charge in [-0.2, -0.15) is 0 Å². The van der Waals surface area contributed by atoms with Crippen molar-refractivity contribution in [1.82, 2.24) is 5.32 Å². The van der Waals surface area contributed by atoms with E-state index in [4.69, 9.17) is 3.07 Å². The molecule has 0 bridgehead atoms. The maximum Gasteiger partial charge on any atom is 0.110 e. The molecule has 3 atom stereocenters. The van der Waals surface area contributed by atoms with Crippen molar-refractivity contribution in [2.75, 3.05) is 6.54 Å². The van der Waals surface area contributed by atoms with Crippen molar-refractivity contribution < 1.29 is 3.07 Å². The number of halogens is 1. The van der Waals surface area contributed by atoms with Crippen LogP contribution in [0, 0.1) is 5.92 Å². The highest BCUT2D eigenvalue weighted by Crippen LogP contribution is 2.39. The SMILES string of the molecule is IOC1CCNC2CC21. The van der Waals surface area contributed by atoms with Gasteiger partial charge in [-0.05, 0) is 19.4 Å². The third-order valence-electron chi connectivity index (χ3n) is 2.27. The second-order valence-electron chi connectivity index (χ2n) is 2.88. The van der Waals surface area contributed by atoms with Crippen LogP contribution < -0.4 is 5.32 Å². The van der Waals surface area contributed by atoms with E-state index < -0.39 is 0 Å². The minimum atomic E-state index is 0.553. The molecule has 3 heteroatoms. The largest absolute Gasteiger partial charge is 0.313 e. The maximum atomic E-state index is 5.28. The van der Waals surface area contributed by atoms with E-state index in [0.29, 0.717) is 6.10 Å². The van der Waals surface area contributed by atoms with E-state index in [2.05, 4.69) is 5.32 Å². The number of nitrogens with one attached hydrogen (secondary N) is 1. The molecule has 1 heterocycles. The summed E-state index contributed by atoms with van der Waals surface area (Å²) in [7, 11) is 0. The van der Waals surface area contributed by atoms with Crippen molar-refractivity contribution in [3.63, 3.8) is 0 Å². The molecule has 2 nitrogen and oxygen atoms in total. The Morgan fingerprint density at radius 3 is 3.11 bits per heavy atom. The summed E-state index contributed by atoms with van der Waals surface area (Å²) < 4.78 is 5.28. The molecule has 1 N–H and O–H groups in total. The average Bonchev–Trinajstić information content (AvgIpc) is 2.64. The van der Waals surface area contributed by atoms with Crippen molar-refractivity contribution in [3.05, 3.63) is 0 Å². The summed E-state index contributed by atoms with van der Waals surface area (Å²) in [6.07, 6.45) is 3.09. The lowest BCUT2D eigenvalue weighted by Gasteiger charge is -2.18. The summed E-state index contributed by atoms with van der Waals surface area (Å²) in [5.74, 6) is 0.843. The Labute approximate surface area is 69.0 Å². The van der Waals surface area contributed by atoms with Crippen LogP contribution in [-0.2, 0) is 3.07 Å². The van der Waals surface area contributed by atoms with Crippen LogP contribution in [-0.4, -0.2) is 18.7 Å². The monoisotopic (exact) mass is 239 g/mol. The van der Waals surface area contributed by atoms with Crippen LogP contribution in [0.25, 0.3) is 0 Å². The first-order valence-electron chi connectivity index (χ1n) is 3.42. The number of piperidine rings is 1. The summed E-state index contributed by atoms with van der Waals surface area (Å²) >= 11 is 2.02. The van der Waals surface area contributed by atoms with Gasteiger partial charge in [-0.25, -0.2) is 0 Å².